The molecule has 0 spiro atoms. The van der Waals surface area contributed by atoms with Gasteiger partial charge in [0, 0.05) is 6.20 Å². The third-order valence-electron chi connectivity index (χ3n) is 4.10. The molecule has 4 rings (SSSR count). The van der Waals surface area contributed by atoms with Crippen molar-refractivity contribution in [1.82, 2.24) is 14.7 Å². The first-order valence-electron chi connectivity index (χ1n) is 8.46. The molecule has 142 valence electrons. The molecule has 0 saturated carbocycles. The van der Waals surface area contributed by atoms with Crippen molar-refractivity contribution in [3.8, 4) is 16.3 Å². The van der Waals surface area contributed by atoms with Gasteiger partial charge in [-0.3, -0.25) is 4.79 Å². The maximum absolute atomic E-state index is 12.6. The molecule has 1 fully saturated rings. The van der Waals surface area contributed by atoms with Gasteiger partial charge in [0.25, 0.3) is 5.91 Å². The molecule has 8 nitrogen and oxygen atoms in total. The molecule has 0 bridgehead atoms. The zero-order chi connectivity index (χ0) is 19.5. The van der Waals surface area contributed by atoms with E-state index >= 15 is 0 Å². The first kappa shape index (κ1) is 17.9. The van der Waals surface area contributed by atoms with Crippen molar-refractivity contribution in [3.05, 3.63) is 59.6 Å². The van der Waals surface area contributed by atoms with Crippen LogP contribution in [0.3, 0.4) is 0 Å². The van der Waals surface area contributed by atoms with Gasteiger partial charge >= 0.3 is 12.1 Å². The summed E-state index contributed by atoms with van der Waals surface area (Å²) < 4.78 is 11.5. The van der Waals surface area contributed by atoms with Crippen LogP contribution in [0.15, 0.2) is 54.0 Å². The highest BCUT2D eigenvalue weighted by atomic mass is 32.1. The monoisotopic (exact) mass is 397 g/mol. The normalized spacial score (nSPS) is 13.4. The predicted octanol–water partition coefficient (Wildman–Crippen LogP) is 2.74. The lowest BCUT2D eigenvalue weighted by Gasteiger charge is -2.10. The minimum Gasteiger partial charge on any atom is -0.452 e. The Hall–Kier alpha value is -3.46. The number of para-hydroxylation sites is 1. The number of rotatable bonds is 5. The minimum atomic E-state index is -0.725. The Kier molecular flexibility index (Phi) is 4.90. The highest BCUT2D eigenvalue weighted by Crippen LogP contribution is 2.28. The molecule has 3 heterocycles. The zero-order valence-corrected chi connectivity index (χ0v) is 15.4. The standard InChI is InChI=1S/C19H15N3O5S/c23-16(21-8-9-26-19(21)25)12-27-18(24)14-11-22(13-5-2-1-3-6-13)20-17(14)15-7-4-10-28-15/h1-7,10-11H,8-9,12H2. The smallest absolute Gasteiger partial charge is 0.416 e. The summed E-state index contributed by atoms with van der Waals surface area (Å²) in [6.07, 6.45) is 0.846. The van der Waals surface area contributed by atoms with Crippen molar-refractivity contribution in [2.45, 2.75) is 0 Å². The fourth-order valence-electron chi connectivity index (χ4n) is 2.73. The fraction of sp³-hybridized carbons (Fsp3) is 0.158. The van der Waals surface area contributed by atoms with Crippen LogP contribution in [-0.4, -0.2) is 52.4 Å². The van der Waals surface area contributed by atoms with Gasteiger partial charge in [-0.05, 0) is 23.6 Å². The predicted molar refractivity (Wildman–Crippen MR) is 100 cm³/mol. The van der Waals surface area contributed by atoms with Crippen LogP contribution in [0.1, 0.15) is 10.4 Å². The Morgan fingerprint density at radius 1 is 1.18 bits per heavy atom. The number of hydrogen-bond donors (Lipinski definition) is 0. The van der Waals surface area contributed by atoms with Crippen LogP contribution in [0, 0.1) is 0 Å². The number of thiophene rings is 1. The largest absolute Gasteiger partial charge is 0.452 e. The highest BCUT2D eigenvalue weighted by Gasteiger charge is 2.29. The molecule has 0 radical (unpaired) electrons. The third-order valence-corrected chi connectivity index (χ3v) is 4.97. The maximum Gasteiger partial charge on any atom is 0.416 e. The molecule has 0 aliphatic carbocycles. The number of hydrogen-bond acceptors (Lipinski definition) is 7. The fourth-order valence-corrected chi connectivity index (χ4v) is 3.46. The third kappa shape index (κ3) is 3.52. The van der Waals surface area contributed by atoms with Gasteiger partial charge in [0.2, 0.25) is 0 Å². The van der Waals surface area contributed by atoms with Crippen LogP contribution < -0.4 is 0 Å². The van der Waals surface area contributed by atoms with E-state index in [0.717, 1.165) is 15.5 Å². The van der Waals surface area contributed by atoms with Crippen molar-refractivity contribution in [1.29, 1.82) is 0 Å². The average Bonchev–Trinajstić information content (AvgIpc) is 3.46. The van der Waals surface area contributed by atoms with E-state index in [0.29, 0.717) is 5.69 Å². The van der Waals surface area contributed by atoms with E-state index in [4.69, 9.17) is 9.47 Å². The molecule has 0 unspecified atom stereocenters. The molecule has 3 aromatic rings. The average molecular weight is 397 g/mol. The number of carbonyl (C=O) groups excluding carboxylic acids is 3. The van der Waals surface area contributed by atoms with E-state index < -0.39 is 24.6 Å². The molecule has 1 saturated heterocycles. The van der Waals surface area contributed by atoms with Crippen molar-refractivity contribution in [3.63, 3.8) is 0 Å². The summed E-state index contributed by atoms with van der Waals surface area (Å²) in [5.41, 5.74) is 1.50. The Balaban J connectivity index is 1.57. The Bertz CT molecular complexity index is 1010. The van der Waals surface area contributed by atoms with Crippen LogP contribution in [0.2, 0.25) is 0 Å². The van der Waals surface area contributed by atoms with E-state index in [-0.39, 0.29) is 18.7 Å². The number of aromatic nitrogens is 2. The number of nitrogens with zero attached hydrogens (tertiary/aromatic N) is 3. The minimum absolute atomic E-state index is 0.144. The Morgan fingerprint density at radius 2 is 2.00 bits per heavy atom. The number of carbonyl (C=O) groups is 3. The van der Waals surface area contributed by atoms with Crippen LogP contribution in [-0.2, 0) is 14.3 Å². The van der Waals surface area contributed by atoms with Crippen molar-refractivity contribution in [2.24, 2.45) is 0 Å². The van der Waals surface area contributed by atoms with Gasteiger partial charge in [-0.15, -0.1) is 11.3 Å². The summed E-state index contributed by atoms with van der Waals surface area (Å²) in [5.74, 6) is -1.31. The maximum atomic E-state index is 12.6. The summed E-state index contributed by atoms with van der Waals surface area (Å²) in [6.45, 7) is -0.249. The number of benzene rings is 1. The first-order chi connectivity index (χ1) is 13.6. The molecule has 1 aliphatic heterocycles. The lowest BCUT2D eigenvalue weighted by atomic mass is 10.2. The Morgan fingerprint density at radius 3 is 2.68 bits per heavy atom. The summed E-state index contributed by atoms with van der Waals surface area (Å²) in [4.78, 5) is 37.9. The molecule has 0 N–H and O–H groups in total. The van der Waals surface area contributed by atoms with E-state index in [1.165, 1.54) is 11.3 Å². The topological polar surface area (TPSA) is 90.7 Å². The molecule has 1 aliphatic rings. The van der Waals surface area contributed by atoms with Gasteiger partial charge < -0.3 is 9.47 Å². The molecule has 2 aromatic heterocycles. The molecule has 0 atom stereocenters. The van der Waals surface area contributed by atoms with Gasteiger partial charge in [-0.25, -0.2) is 19.2 Å². The zero-order valence-electron chi connectivity index (χ0n) is 14.6. The molecule has 9 heteroatoms. The van der Waals surface area contributed by atoms with Crippen LogP contribution in [0.5, 0.6) is 0 Å². The number of esters is 1. The van der Waals surface area contributed by atoms with Crippen LogP contribution >= 0.6 is 11.3 Å². The molecule has 28 heavy (non-hydrogen) atoms. The first-order valence-corrected chi connectivity index (χ1v) is 9.34. The number of cyclic esters (lactones) is 1. The highest BCUT2D eigenvalue weighted by molar-refractivity contribution is 7.13. The quantitative estimate of drug-likeness (QED) is 0.615. The molecular weight excluding hydrogens is 382 g/mol. The van der Waals surface area contributed by atoms with E-state index in [1.54, 1.807) is 10.9 Å². The summed E-state index contributed by atoms with van der Waals surface area (Å²) in [5, 5.41) is 6.40. The molecular formula is C19H15N3O5S. The Labute approximate surface area is 163 Å². The van der Waals surface area contributed by atoms with E-state index in [2.05, 4.69) is 5.10 Å². The number of imide groups is 1. The number of amides is 2. The van der Waals surface area contributed by atoms with E-state index in [1.807, 2.05) is 47.8 Å². The van der Waals surface area contributed by atoms with Gasteiger partial charge in [0.05, 0.1) is 17.1 Å². The lowest BCUT2D eigenvalue weighted by Crippen LogP contribution is -2.35. The summed E-state index contributed by atoms with van der Waals surface area (Å²) >= 11 is 1.44. The molecule has 2 amide bonds. The SMILES string of the molecule is O=C(OCC(=O)N1CCOC1=O)c1cn(-c2ccccc2)nc1-c1cccs1. The second kappa shape index (κ2) is 7.65. The van der Waals surface area contributed by atoms with Gasteiger partial charge in [0.1, 0.15) is 17.9 Å². The molecule has 1 aromatic carbocycles. The second-order valence-electron chi connectivity index (χ2n) is 5.88. The summed E-state index contributed by atoms with van der Waals surface area (Å²) in [6, 6.07) is 13.1. The van der Waals surface area contributed by atoms with Gasteiger partial charge in [-0.1, -0.05) is 24.3 Å². The van der Waals surface area contributed by atoms with Crippen LogP contribution in [0.4, 0.5) is 4.79 Å². The van der Waals surface area contributed by atoms with Crippen LogP contribution in [0.25, 0.3) is 16.3 Å². The van der Waals surface area contributed by atoms with Gasteiger partial charge in [0.15, 0.2) is 6.61 Å². The van der Waals surface area contributed by atoms with Gasteiger partial charge in [-0.2, -0.15) is 5.10 Å². The van der Waals surface area contributed by atoms with Crippen molar-refractivity contribution in [2.75, 3.05) is 19.8 Å². The van der Waals surface area contributed by atoms with Crippen molar-refractivity contribution >= 4 is 29.3 Å². The van der Waals surface area contributed by atoms with E-state index in [9.17, 15) is 14.4 Å². The number of ether oxygens (including phenoxy) is 2. The lowest BCUT2D eigenvalue weighted by molar-refractivity contribution is -0.131. The van der Waals surface area contributed by atoms with Crippen molar-refractivity contribution < 1.29 is 23.9 Å². The summed E-state index contributed by atoms with van der Waals surface area (Å²) in [7, 11) is 0. The second-order valence-corrected chi connectivity index (χ2v) is 6.83.